The molecular weight excluding hydrogens is 220 g/mol. The standard InChI is InChI=1S/C12H12N2OS/c13-11-1-2-12(16-8-6-15-7-8)10-5-14-4-3-9(10)11/h1-5,8H,6-7,13H2. The minimum Gasteiger partial charge on any atom is -0.398 e. The van der Waals surface area contributed by atoms with E-state index in [1.807, 2.05) is 30.1 Å². The first-order valence-corrected chi connectivity index (χ1v) is 6.09. The number of hydrogen-bond donors (Lipinski definition) is 1. The third-order valence-corrected chi connectivity index (χ3v) is 3.93. The van der Waals surface area contributed by atoms with Crippen molar-refractivity contribution in [2.75, 3.05) is 18.9 Å². The van der Waals surface area contributed by atoms with Crippen LogP contribution in [0.15, 0.2) is 35.5 Å². The second-order valence-electron chi connectivity index (χ2n) is 3.85. The number of thioether (sulfide) groups is 1. The molecule has 16 heavy (non-hydrogen) atoms. The number of nitrogens with two attached hydrogens (primary N) is 1. The van der Waals surface area contributed by atoms with Gasteiger partial charge in [0.05, 0.1) is 18.5 Å². The van der Waals surface area contributed by atoms with Crippen molar-refractivity contribution in [1.29, 1.82) is 0 Å². The van der Waals surface area contributed by atoms with Crippen molar-refractivity contribution in [3.05, 3.63) is 30.6 Å². The van der Waals surface area contributed by atoms with Crippen LogP contribution in [0.3, 0.4) is 0 Å². The van der Waals surface area contributed by atoms with Gasteiger partial charge in [0.2, 0.25) is 0 Å². The van der Waals surface area contributed by atoms with Crippen molar-refractivity contribution < 1.29 is 4.74 Å². The van der Waals surface area contributed by atoms with Crippen LogP contribution < -0.4 is 5.73 Å². The minimum absolute atomic E-state index is 0.576. The van der Waals surface area contributed by atoms with E-state index >= 15 is 0 Å². The van der Waals surface area contributed by atoms with Gasteiger partial charge in [-0.05, 0) is 18.2 Å². The van der Waals surface area contributed by atoms with Gasteiger partial charge >= 0.3 is 0 Å². The molecule has 2 heterocycles. The third-order valence-electron chi connectivity index (χ3n) is 2.71. The predicted molar refractivity (Wildman–Crippen MR) is 66.6 cm³/mol. The Hall–Kier alpha value is -1.26. The van der Waals surface area contributed by atoms with Crippen molar-refractivity contribution in [1.82, 2.24) is 4.98 Å². The Morgan fingerprint density at radius 2 is 2.12 bits per heavy atom. The first kappa shape index (κ1) is 9.93. The molecule has 1 fully saturated rings. The molecule has 0 bridgehead atoms. The van der Waals surface area contributed by atoms with Crippen molar-refractivity contribution >= 4 is 28.2 Å². The Morgan fingerprint density at radius 3 is 2.88 bits per heavy atom. The molecule has 1 aromatic heterocycles. The zero-order valence-corrected chi connectivity index (χ0v) is 9.54. The Kier molecular flexibility index (Phi) is 2.46. The number of fused-ring (bicyclic) bond motifs is 1. The molecule has 0 aliphatic carbocycles. The highest BCUT2D eigenvalue weighted by atomic mass is 32.2. The molecule has 1 aliphatic heterocycles. The van der Waals surface area contributed by atoms with Crippen LogP contribution in [0, 0.1) is 0 Å². The number of nitrogen functional groups attached to an aromatic ring is 1. The number of pyridine rings is 1. The van der Waals surface area contributed by atoms with Gasteiger partial charge in [-0.1, -0.05) is 0 Å². The lowest BCUT2D eigenvalue weighted by Crippen LogP contribution is -2.30. The lowest BCUT2D eigenvalue weighted by molar-refractivity contribution is 0.0455. The fraction of sp³-hybridized carbons (Fsp3) is 0.250. The zero-order valence-electron chi connectivity index (χ0n) is 8.72. The van der Waals surface area contributed by atoms with Gasteiger partial charge in [0.1, 0.15) is 0 Å². The van der Waals surface area contributed by atoms with Crippen LogP contribution in [-0.2, 0) is 4.74 Å². The monoisotopic (exact) mass is 232 g/mol. The highest BCUT2D eigenvalue weighted by Crippen LogP contribution is 2.35. The molecule has 0 saturated carbocycles. The number of nitrogens with zero attached hydrogens (tertiary/aromatic N) is 1. The molecule has 0 spiro atoms. The average molecular weight is 232 g/mol. The summed E-state index contributed by atoms with van der Waals surface area (Å²) in [6, 6.07) is 6.00. The molecule has 4 heteroatoms. The number of aromatic nitrogens is 1. The number of ether oxygens (including phenoxy) is 1. The summed E-state index contributed by atoms with van der Waals surface area (Å²) in [5.74, 6) is 0. The van der Waals surface area contributed by atoms with Crippen LogP contribution in [-0.4, -0.2) is 23.4 Å². The Morgan fingerprint density at radius 1 is 1.25 bits per heavy atom. The molecule has 3 nitrogen and oxygen atoms in total. The largest absolute Gasteiger partial charge is 0.398 e. The molecule has 2 N–H and O–H groups in total. The number of rotatable bonds is 2. The maximum absolute atomic E-state index is 5.94. The van der Waals surface area contributed by atoms with Crippen molar-refractivity contribution in [2.45, 2.75) is 10.1 Å². The van der Waals surface area contributed by atoms with Crippen molar-refractivity contribution in [2.24, 2.45) is 0 Å². The molecule has 2 aromatic rings. The van der Waals surface area contributed by atoms with E-state index in [1.54, 1.807) is 6.20 Å². The minimum atomic E-state index is 0.576. The van der Waals surface area contributed by atoms with Gasteiger partial charge in [-0.15, -0.1) is 11.8 Å². The SMILES string of the molecule is Nc1ccc(SC2COC2)c2cnccc12. The number of anilines is 1. The zero-order chi connectivity index (χ0) is 11.0. The molecule has 1 aliphatic rings. The summed E-state index contributed by atoms with van der Waals surface area (Å²) in [4.78, 5) is 5.41. The average Bonchev–Trinajstić information content (AvgIpc) is 2.26. The summed E-state index contributed by atoms with van der Waals surface area (Å²) < 4.78 is 5.18. The molecule has 3 rings (SSSR count). The van der Waals surface area contributed by atoms with Crippen molar-refractivity contribution in [3.8, 4) is 0 Å². The van der Waals surface area contributed by atoms with Gasteiger partial charge in [0.25, 0.3) is 0 Å². The Balaban J connectivity index is 2.06. The summed E-state index contributed by atoms with van der Waals surface area (Å²) in [6.07, 6.45) is 3.66. The van der Waals surface area contributed by atoms with E-state index in [0.717, 1.165) is 29.7 Å². The van der Waals surface area contributed by atoms with E-state index in [4.69, 9.17) is 10.5 Å². The van der Waals surface area contributed by atoms with Crippen LogP contribution in [0.5, 0.6) is 0 Å². The second kappa shape index (κ2) is 3.96. The molecule has 1 aromatic carbocycles. The van der Waals surface area contributed by atoms with Gasteiger partial charge in [0.15, 0.2) is 0 Å². The van der Waals surface area contributed by atoms with E-state index in [9.17, 15) is 0 Å². The fourth-order valence-electron chi connectivity index (χ4n) is 1.75. The molecule has 0 unspecified atom stereocenters. The van der Waals surface area contributed by atoms with Crippen molar-refractivity contribution in [3.63, 3.8) is 0 Å². The summed E-state index contributed by atoms with van der Waals surface area (Å²) in [5.41, 5.74) is 6.75. The van der Waals surface area contributed by atoms with Crippen LogP contribution in [0.4, 0.5) is 5.69 Å². The number of hydrogen-bond acceptors (Lipinski definition) is 4. The van der Waals surface area contributed by atoms with E-state index in [0.29, 0.717) is 5.25 Å². The first-order valence-electron chi connectivity index (χ1n) is 5.21. The van der Waals surface area contributed by atoms with E-state index in [1.165, 1.54) is 4.90 Å². The van der Waals surface area contributed by atoms with Gasteiger partial charge in [-0.3, -0.25) is 4.98 Å². The Labute approximate surface area is 98.0 Å². The van der Waals surface area contributed by atoms with E-state index in [2.05, 4.69) is 11.1 Å². The quantitative estimate of drug-likeness (QED) is 0.807. The maximum Gasteiger partial charge on any atom is 0.0611 e. The van der Waals surface area contributed by atoms with Crippen LogP contribution in [0.25, 0.3) is 10.8 Å². The summed E-state index contributed by atoms with van der Waals surface area (Å²) in [6.45, 7) is 1.69. The van der Waals surface area contributed by atoms with Gasteiger partial charge in [-0.25, -0.2) is 0 Å². The summed E-state index contributed by atoms with van der Waals surface area (Å²) in [5, 5.41) is 2.80. The summed E-state index contributed by atoms with van der Waals surface area (Å²) >= 11 is 1.85. The van der Waals surface area contributed by atoms with Gasteiger partial charge in [-0.2, -0.15) is 0 Å². The highest BCUT2D eigenvalue weighted by molar-refractivity contribution is 8.00. The topological polar surface area (TPSA) is 48.1 Å². The fourth-order valence-corrected chi connectivity index (χ4v) is 2.88. The Bertz CT molecular complexity index is 525. The first-order chi connectivity index (χ1) is 7.84. The van der Waals surface area contributed by atoms with E-state index in [-0.39, 0.29) is 0 Å². The molecular formula is C12H12N2OS. The molecule has 0 radical (unpaired) electrons. The smallest absolute Gasteiger partial charge is 0.0611 e. The third kappa shape index (κ3) is 1.64. The van der Waals surface area contributed by atoms with Gasteiger partial charge < -0.3 is 10.5 Å². The maximum atomic E-state index is 5.94. The molecule has 0 amide bonds. The molecule has 82 valence electrons. The normalized spacial score (nSPS) is 16.2. The van der Waals surface area contributed by atoms with Crippen LogP contribution >= 0.6 is 11.8 Å². The summed E-state index contributed by atoms with van der Waals surface area (Å²) in [7, 11) is 0. The predicted octanol–water partition coefficient (Wildman–Crippen LogP) is 2.31. The lowest BCUT2D eigenvalue weighted by Gasteiger charge is -2.25. The lowest BCUT2D eigenvalue weighted by atomic mass is 10.1. The molecule has 1 saturated heterocycles. The number of benzene rings is 1. The molecule has 0 atom stereocenters. The van der Waals surface area contributed by atoms with Crippen LogP contribution in [0.1, 0.15) is 0 Å². The van der Waals surface area contributed by atoms with Gasteiger partial charge in [0, 0.05) is 33.7 Å². The second-order valence-corrected chi connectivity index (χ2v) is 5.19. The highest BCUT2D eigenvalue weighted by Gasteiger charge is 2.20. The van der Waals surface area contributed by atoms with E-state index < -0.39 is 0 Å². The van der Waals surface area contributed by atoms with Crippen LogP contribution in [0.2, 0.25) is 0 Å².